The average molecular weight is 323 g/mol. The molecular formula is C17H23ClN2O2. The second-order valence-electron chi connectivity index (χ2n) is 6.50. The standard InChI is InChI=1S/C17H23ClN2O2/c1-12-4-2-3-7-20(12)14-10-19(11-14)17(22)9-13-5-6-16(21)15(18)8-13/h5-6,8,12,14,21H,2-4,7,9-11H2,1H3. The Morgan fingerprint density at radius 3 is 2.82 bits per heavy atom. The lowest BCUT2D eigenvalue weighted by Crippen LogP contribution is -2.63. The van der Waals surface area contributed by atoms with E-state index in [1.807, 2.05) is 4.90 Å². The van der Waals surface area contributed by atoms with Gasteiger partial charge in [0.15, 0.2) is 0 Å². The van der Waals surface area contributed by atoms with Crippen LogP contribution in [0.15, 0.2) is 18.2 Å². The fourth-order valence-electron chi connectivity index (χ4n) is 3.48. The zero-order chi connectivity index (χ0) is 15.7. The molecule has 1 unspecified atom stereocenters. The van der Waals surface area contributed by atoms with Crippen molar-refractivity contribution < 1.29 is 9.90 Å². The first-order valence-electron chi connectivity index (χ1n) is 8.05. The summed E-state index contributed by atoms with van der Waals surface area (Å²) in [5.74, 6) is 0.198. The van der Waals surface area contributed by atoms with E-state index in [2.05, 4.69) is 11.8 Å². The maximum Gasteiger partial charge on any atom is 0.227 e. The number of benzene rings is 1. The van der Waals surface area contributed by atoms with Gasteiger partial charge in [-0.2, -0.15) is 0 Å². The van der Waals surface area contributed by atoms with E-state index in [9.17, 15) is 9.90 Å². The van der Waals surface area contributed by atoms with Crippen molar-refractivity contribution in [3.05, 3.63) is 28.8 Å². The van der Waals surface area contributed by atoms with Crippen LogP contribution < -0.4 is 0 Å². The van der Waals surface area contributed by atoms with Crippen molar-refractivity contribution in [3.63, 3.8) is 0 Å². The first-order chi connectivity index (χ1) is 10.5. The molecule has 1 N–H and O–H groups in total. The number of hydrogen-bond donors (Lipinski definition) is 1. The summed E-state index contributed by atoms with van der Waals surface area (Å²) in [6.45, 7) is 5.15. The first kappa shape index (κ1) is 15.6. The van der Waals surface area contributed by atoms with Gasteiger partial charge < -0.3 is 10.0 Å². The Bertz CT molecular complexity index is 558. The van der Waals surface area contributed by atoms with Crippen LogP contribution >= 0.6 is 11.6 Å². The fourth-order valence-corrected chi connectivity index (χ4v) is 3.68. The van der Waals surface area contributed by atoms with Crippen molar-refractivity contribution >= 4 is 17.5 Å². The van der Waals surface area contributed by atoms with Gasteiger partial charge in [0.2, 0.25) is 5.91 Å². The molecule has 3 rings (SSSR count). The van der Waals surface area contributed by atoms with Gasteiger partial charge >= 0.3 is 0 Å². The number of aromatic hydroxyl groups is 1. The van der Waals surface area contributed by atoms with Crippen LogP contribution in [0, 0.1) is 0 Å². The highest BCUT2D eigenvalue weighted by Gasteiger charge is 2.37. The van der Waals surface area contributed by atoms with Crippen molar-refractivity contribution in [2.24, 2.45) is 0 Å². The Balaban J connectivity index is 1.51. The lowest BCUT2D eigenvalue weighted by molar-refractivity contribution is -0.139. The summed E-state index contributed by atoms with van der Waals surface area (Å²) in [6.07, 6.45) is 4.23. The van der Waals surface area contributed by atoms with Crippen molar-refractivity contribution in [3.8, 4) is 5.75 Å². The van der Waals surface area contributed by atoms with Gasteiger partial charge in [-0.25, -0.2) is 0 Å². The topological polar surface area (TPSA) is 43.8 Å². The van der Waals surface area contributed by atoms with Crippen LogP contribution in [0.1, 0.15) is 31.7 Å². The Morgan fingerprint density at radius 1 is 1.36 bits per heavy atom. The maximum absolute atomic E-state index is 12.3. The number of carbonyl (C=O) groups excluding carboxylic acids is 1. The van der Waals surface area contributed by atoms with E-state index in [1.54, 1.807) is 18.2 Å². The highest BCUT2D eigenvalue weighted by Crippen LogP contribution is 2.26. The largest absolute Gasteiger partial charge is 0.506 e. The lowest BCUT2D eigenvalue weighted by atomic mass is 9.97. The van der Waals surface area contributed by atoms with E-state index in [0.717, 1.165) is 18.7 Å². The van der Waals surface area contributed by atoms with Crippen LogP contribution in [0.5, 0.6) is 5.75 Å². The summed E-state index contributed by atoms with van der Waals surface area (Å²) in [5.41, 5.74) is 0.850. The quantitative estimate of drug-likeness (QED) is 0.930. The Hall–Kier alpha value is -1.26. The highest BCUT2D eigenvalue weighted by molar-refractivity contribution is 6.32. The zero-order valence-corrected chi connectivity index (χ0v) is 13.7. The maximum atomic E-state index is 12.3. The minimum absolute atomic E-state index is 0.0565. The van der Waals surface area contributed by atoms with E-state index < -0.39 is 0 Å². The molecule has 2 aliphatic rings. The molecular weight excluding hydrogens is 300 g/mol. The number of carbonyl (C=O) groups is 1. The lowest BCUT2D eigenvalue weighted by Gasteiger charge is -2.49. The zero-order valence-electron chi connectivity index (χ0n) is 13.0. The van der Waals surface area contributed by atoms with Gasteiger partial charge in [-0.05, 0) is 44.0 Å². The van der Waals surface area contributed by atoms with Crippen LogP contribution in [0.2, 0.25) is 5.02 Å². The summed E-state index contributed by atoms with van der Waals surface area (Å²) >= 11 is 5.88. The molecule has 0 spiro atoms. The summed E-state index contributed by atoms with van der Waals surface area (Å²) < 4.78 is 0. The van der Waals surface area contributed by atoms with Crippen molar-refractivity contribution in [1.82, 2.24) is 9.80 Å². The first-order valence-corrected chi connectivity index (χ1v) is 8.43. The number of rotatable bonds is 3. The molecule has 2 aliphatic heterocycles. The molecule has 1 aromatic carbocycles. The molecule has 120 valence electrons. The second kappa shape index (κ2) is 6.47. The molecule has 1 aromatic rings. The minimum Gasteiger partial charge on any atom is -0.506 e. The SMILES string of the molecule is CC1CCCCN1C1CN(C(=O)Cc2ccc(O)c(Cl)c2)C1. The number of likely N-dealkylation sites (tertiary alicyclic amines) is 2. The molecule has 2 heterocycles. The molecule has 0 bridgehead atoms. The molecule has 0 aromatic heterocycles. The molecule has 0 radical (unpaired) electrons. The molecule has 0 saturated carbocycles. The molecule has 5 heteroatoms. The summed E-state index contributed by atoms with van der Waals surface area (Å²) in [5, 5.41) is 9.72. The molecule has 2 fully saturated rings. The van der Waals surface area contributed by atoms with Gasteiger partial charge in [-0.15, -0.1) is 0 Å². The number of halogens is 1. The number of nitrogens with zero attached hydrogens (tertiary/aromatic N) is 2. The van der Waals surface area contributed by atoms with Gasteiger partial charge in [0.25, 0.3) is 0 Å². The van der Waals surface area contributed by atoms with Crippen molar-refractivity contribution in [1.29, 1.82) is 0 Å². The molecule has 2 saturated heterocycles. The number of piperidine rings is 1. The third-order valence-electron chi connectivity index (χ3n) is 4.91. The van der Waals surface area contributed by atoms with Gasteiger partial charge in [0.1, 0.15) is 5.75 Å². The van der Waals surface area contributed by atoms with Crippen molar-refractivity contribution in [2.45, 2.75) is 44.7 Å². The van der Waals surface area contributed by atoms with E-state index >= 15 is 0 Å². The predicted octanol–water partition coefficient (Wildman–Crippen LogP) is 2.67. The highest BCUT2D eigenvalue weighted by atomic mass is 35.5. The predicted molar refractivity (Wildman–Crippen MR) is 87.2 cm³/mol. The van der Waals surface area contributed by atoms with Crippen molar-refractivity contribution in [2.75, 3.05) is 19.6 Å². The summed E-state index contributed by atoms with van der Waals surface area (Å²) in [4.78, 5) is 16.8. The van der Waals surface area contributed by atoms with Crippen LogP contribution in [-0.4, -0.2) is 52.5 Å². The van der Waals surface area contributed by atoms with E-state index in [1.165, 1.54) is 25.8 Å². The Morgan fingerprint density at radius 2 is 2.14 bits per heavy atom. The minimum atomic E-state index is 0.0565. The number of amides is 1. The molecule has 1 amide bonds. The van der Waals surface area contributed by atoms with E-state index in [-0.39, 0.29) is 11.7 Å². The van der Waals surface area contributed by atoms with Gasteiger partial charge in [-0.3, -0.25) is 9.69 Å². The molecule has 1 atom stereocenters. The smallest absolute Gasteiger partial charge is 0.227 e. The molecule has 22 heavy (non-hydrogen) atoms. The second-order valence-corrected chi connectivity index (χ2v) is 6.90. The fraction of sp³-hybridized carbons (Fsp3) is 0.588. The van der Waals surface area contributed by atoms with Gasteiger partial charge in [0, 0.05) is 25.2 Å². The number of hydrogen-bond acceptors (Lipinski definition) is 3. The van der Waals surface area contributed by atoms with Gasteiger partial charge in [0.05, 0.1) is 11.4 Å². The monoisotopic (exact) mass is 322 g/mol. The third kappa shape index (κ3) is 3.23. The average Bonchev–Trinajstić information content (AvgIpc) is 2.43. The number of phenolic OH excluding ortho intramolecular Hbond substituents is 1. The van der Waals surface area contributed by atoms with Crippen LogP contribution in [0.4, 0.5) is 0 Å². The van der Waals surface area contributed by atoms with E-state index in [0.29, 0.717) is 23.5 Å². The summed E-state index contributed by atoms with van der Waals surface area (Å²) in [6, 6.07) is 6.13. The normalized spacial score (nSPS) is 23.4. The molecule has 0 aliphatic carbocycles. The molecule has 4 nitrogen and oxygen atoms in total. The van der Waals surface area contributed by atoms with Crippen LogP contribution in [-0.2, 0) is 11.2 Å². The van der Waals surface area contributed by atoms with Gasteiger partial charge in [-0.1, -0.05) is 24.1 Å². The van der Waals surface area contributed by atoms with E-state index in [4.69, 9.17) is 11.6 Å². The Labute approximate surface area is 136 Å². The Kier molecular flexibility index (Phi) is 4.59. The summed E-state index contributed by atoms with van der Waals surface area (Å²) in [7, 11) is 0. The van der Waals surface area contributed by atoms with Crippen LogP contribution in [0.25, 0.3) is 0 Å². The van der Waals surface area contributed by atoms with Crippen LogP contribution in [0.3, 0.4) is 0 Å². The third-order valence-corrected chi connectivity index (χ3v) is 5.21. The number of phenols is 1.